The van der Waals surface area contributed by atoms with Gasteiger partial charge in [-0.3, -0.25) is 9.36 Å². The van der Waals surface area contributed by atoms with Gasteiger partial charge >= 0.3 is 6.03 Å². The molecule has 1 aliphatic carbocycles. The largest absolute Gasteiger partial charge is 0.323 e. The molecule has 2 N–H and O–H groups in total. The molecular weight excluding hydrogens is 484 g/mol. The van der Waals surface area contributed by atoms with E-state index in [9.17, 15) is 9.59 Å². The summed E-state index contributed by atoms with van der Waals surface area (Å²) in [4.78, 5) is 31.7. The molecule has 3 aromatic rings. The third-order valence-electron chi connectivity index (χ3n) is 6.88. The number of benzene rings is 1. The first kappa shape index (κ1) is 27.7. The molecule has 0 aliphatic heterocycles. The van der Waals surface area contributed by atoms with Crippen LogP contribution >= 0.6 is 0 Å². The second kappa shape index (κ2) is 12.0. The van der Waals surface area contributed by atoms with E-state index in [1.807, 2.05) is 43.3 Å². The molecule has 4 rings (SSSR count). The van der Waals surface area contributed by atoms with Gasteiger partial charge in [0.1, 0.15) is 11.3 Å². The van der Waals surface area contributed by atoms with Crippen LogP contribution in [0.25, 0.3) is 22.2 Å². The fraction of sp³-hybridized carbons (Fsp3) is 0.303. The summed E-state index contributed by atoms with van der Waals surface area (Å²) in [5.41, 5.74) is 5.79. The molecule has 6 nitrogen and oxygen atoms in total. The second-order valence-corrected chi connectivity index (χ2v) is 10.3. The number of hydrogen-bond donors (Lipinski definition) is 2. The van der Waals surface area contributed by atoms with Crippen LogP contribution in [-0.4, -0.2) is 15.6 Å². The van der Waals surface area contributed by atoms with Crippen LogP contribution in [0.4, 0.5) is 10.5 Å². The van der Waals surface area contributed by atoms with Gasteiger partial charge in [-0.2, -0.15) is 0 Å². The van der Waals surface area contributed by atoms with Crippen LogP contribution in [0.5, 0.6) is 0 Å². The Hall–Kier alpha value is -4.37. The lowest BCUT2D eigenvalue weighted by Crippen LogP contribution is -2.33. The Morgan fingerprint density at radius 3 is 2.62 bits per heavy atom. The molecule has 0 fully saturated rings. The maximum atomic E-state index is 13.7. The second-order valence-electron chi connectivity index (χ2n) is 10.3. The molecule has 1 aromatic carbocycles. The summed E-state index contributed by atoms with van der Waals surface area (Å²) < 4.78 is 1.47. The highest BCUT2D eigenvalue weighted by Gasteiger charge is 2.22. The maximum absolute atomic E-state index is 13.7. The van der Waals surface area contributed by atoms with Crippen LogP contribution in [0.1, 0.15) is 53.0 Å². The number of nitrogens with one attached hydrogen (secondary N) is 2. The Bertz CT molecular complexity index is 1620. The quantitative estimate of drug-likeness (QED) is 0.358. The van der Waals surface area contributed by atoms with E-state index in [4.69, 9.17) is 0 Å². The minimum atomic E-state index is -0.454. The van der Waals surface area contributed by atoms with Gasteiger partial charge in [0.2, 0.25) is 0 Å². The van der Waals surface area contributed by atoms with Gasteiger partial charge < -0.3 is 10.6 Å². The molecule has 0 bridgehead atoms. The molecule has 6 heteroatoms. The zero-order valence-electron chi connectivity index (χ0n) is 23.6. The molecule has 2 heterocycles. The monoisotopic (exact) mass is 520 g/mol. The predicted molar refractivity (Wildman–Crippen MR) is 160 cm³/mol. The molecule has 200 valence electrons. The van der Waals surface area contributed by atoms with E-state index in [1.54, 1.807) is 13.2 Å². The Balaban J connectivity index is 1.82. The van der Waals surface area contributed by atoms with Crippen molar-refractivity contribution in [2.24, 2.45) is 18.9 Å². The smallest absolute Gasteiger partial charge is 0.311 e. The van der Waals surface area contributed by atoms with E-state index in [-0.39, 0.29) is 17.2 Å². The van der Waals surface area contributed by atoms with Crippen molar-refractivity contribution in [1.82, 2.24) is 14.9 Å². The van der Waals surface area contributed by atoms with Gasteiger partial charge in [-0.05, 0) is 47.2 Å². The van der Waals surface area contributed by atoms with Crippen LogP contribution in [0.15, 0.2) is 82.5 Å². The summed E-state index contributed by atoms with van der Waals surface area (Å²) in [5.74, 6) is 6.83. The minimum absolute atomic E-state index is 0.201. The summed E-state index contributed by atoms with van der Waals surface area (Å²) in [7, 11) is 1.67. The fourth-order valence-electron chi connectivity index (χ4n) is 4.80. The SMILES string of the molecule is CCC#Cc1cccc(-c2c(NC(=O)NC3=C(C(C)C)C=CC=C(C(C)C)C3)c(=O)n(C)c3ncccc23)c1. The molecule has 39 heavy (non-hydrogen) atoms. The molecule has 2 aromatic heterocycles. The molecule has 2 amide bonds. The molecule has 0 spiro atoms. The molecule has 0 unspecified atom stereocenters. The zero-order valence-corrected chi connectivity index (χ0v) is 23.6. The minimum Gasteiger partial charge on any atom is -0.311 e. The number of rotatable bonds is 5. The Labute approximate surface area is 230 Å². The highest BCUT2D eigenvalue weighted by molar-refractivity contribution is 6.04. The van der Waals surface area contributed by atoms with Gasteiger partial charge in [-0.25, -0.2) is 9.78 Å². The van der Waals surface area contributed by atoms with Crippen LogP contribution in [-0.2, 0) is 7.05 Å². The normalized spacial score (nSPS) is 13.3. The predicted octanol–water partition coefficient (Wildman–Crippen LogP) is 6.94. The molecule has 1 aliphatic rings. The van der Waals surface area contributed by atoms with Crippen molar-refractivity contribution in [1.29, 1.82) is 0 Å². The first-order valence-electron chi connectivity index (χ1n) is 13.5. The summed E-state index contributed by atoms with van der Waals surface area (Å²) in [6.45, 7) is 10.5. The molecular formula is C33H36N4O2. The average Bonchev–Trinajstić information content (AvgIpc) is 3.13. The molecule has 0 radical (unpaired) electrons. The van der Waals surface area contributed by atoms with Crippen LogP contribution in [0.3, 0.4) is 0 Å². The van der Waals surface area contributed by atoms with E-state index in [2.05, 4.69) is 73.4 Å². The number of nitrogens with zero attached hydrogens (tertiary/aromatic N) is 2. The number of hydrogen-bond acceptors (Lipinski definition) is 3. The number of carbonyl (C=O) groups excluding carboxylic acids is 1. The number of urea groups is 1. The lowest BCUT2D eigenvalue weighted by molar-refractivity contribution is 0.254. The van der Waals surface area contributed by atoms with E-state index in [0.29, 0.717) is 23.5 Å². The third kappa shape index (κ3) is 6.04. The maximum Gasteiger partial charge on any atom is 0.323 e. The number of anilines is 1. The van der Waals surface area contributed by atoms with Gasteiger partial charge in [-0.1, -0.05) is 82.4 Å². The van der Waals surface area contributed by atoms with Crippen molar-refractivity contribution >= 4 is 22.8 Å². The van der Waals surface area contributed by atoms with Crippen molar-refractivity contribution in [2.75, 3.05) is 5.32 Å². The summed E-state index contributed by atoms with van der Waals surface area (Å²) in [6.07, 6.45) is 9.27. The topological polar surface area (TPSA) is 76.0 Å². The number of aryl methyl sites for hydroxylation is 1. The van der Waals surface area contributed by atoms with Gasteiger partial charge in [0.25, 0.3) is 5.56 Å². The standard InChI is InChI=1S/C33H36N4O2/c1-7-8-12-23-13-9-15-25(19-23)29-27-17-11-18-34-31(27)37(6)32(38)30(29)36-33(39)35-28-20-24(21(2)3)14-10-16-26(28)22(4)5/h9-11,13-19,21-22H,7,20H2,1-6H3,(H2,35,36,39). The molecule has 0 atom stereocenters. The Morgan fingerprint density at radius 1 is 1.10 bits per heavy atom. The van der Waals surface area contributed by atoms with Crippen molar-refractivity contribution in [3.05, 3.63) is 93.6 Å². The highest BCUT2D eigenvalue weighted by Crippen LogP contribution is 2.33. The van der Waals surface area contributed by atoms with Crippen LogP contribution in [0, 0.1) is 23.7 Å². The number of carbonyl (C=O) groups is 1. The lowest BCUT2D eigenvalue weighted by Gasteiger charge is -2.20. The Kier molecular flexibility index (Phi) is 8.51. The number of aromatic nitrogens is 2. The van der Waals surface area contributed by atoms with Crippen molar-refractivity contribution in [2.45, 2.75) is 47.5 Å². The first-order valence-corrected chi connectivity index (χ1v) is 13.5. The van der Waals surface area contributed by atoms with E-state index in [1.165, 1.54) is 10.1 Å². The van der Waals surface area contributed by atoms with Crippen molar-refractivity contribution < 1.29 is 4.79 Å². The zero-order chi connectivity index (χ0) is 28.1. The van der Waals surface area contributed by atoms with Gasteiger partial charge in [0.15, 0.2) is 0 Å². The number of fused-ring (bicyclic) bond motifs is 1. The van der Waals surface area contributed by atoms with E-state index >= 15 is 0 Å². The van der Waals surface area contributed by atoms with E-state index < -0.39 is 6.03 Å². The number of pyridine rings is 2. The number of allylic oxidation sites excluding steroid dienone is 5. The van der Waals surface area contributed by atoms with Gasteiger partial charge in [-0.15, -0.1) is 0 Å². The Morgan fingerprint density at radius 2 is 1.90 bits per heavy atom. The van der Waals surface area contributed by atoms with Gasteiger partial charge in [0, 0.05) is 48.3 Å². The average molecular weight is 521 g/mol. The van der Waals surface area contributed by atoms with Gasteiger partial charge in [0.05, 0.1) is 0 Å². The van der Waals surface area contributed by atoms with Crippen molar-refractivity contribution in [3.63, 3.8) is 0 Å². The van der Waals surface area contributed by atoms with Crippen LogP contribution < -0.4 is 16.2 Å². The van der Waals surface area contributed by atoms with Crippen molar-refractivity contribution in [3.8, 4) is 23.0 Å². The summed E-state index contributed by atoms with van der Waals surface area (Å²) in [5, 5.41) is 6.77. The summed E-state index contributed by atoms with van der Waals surface area (Å²) in [6, 6.07) is 11.0. The first-order chi connectivity index (χ1) is 18.7. The summed E-state index contributed by atoms with van der Waals surface area (Å²) >= 11 is 0. The molecule has 0 saturated carbocycles. The number of amides is 2. The lowest BCUT2D eigenvalue weighted by atomic mass is 9.95. The highest BCUT2D eigenvalue weighted by atomic mass is 16.2. The fourth-order valence-corrected chi connectivity index (χ4v) is 4.80. The third-order valence-corrected chi connectivity index (χ3v) is 6.88. The molecule has 0 saturated heterocycles. The van der Waals surface area contributed by atoms with E-state index in [0.717, 1.165) is 34.2 Å². The van der Waals surface area contributed by atoms with Crippen LogP contribution in [0.2, 0.25) is 0 Å².